The molecule has 4 atom stereocenters. The third-order valence-corrected chi connectivity index (χ3v) is 10.3. The van der Waals surface area contributed by atoms with Crippen LogP contribution in [-0.2, 0) is 14.4 Å². The SMILES string of the molecule is COc1cc(C=CC(=O)NCCCCN2CC=C(CC[C@]3(C)[C@@H](C)CC[C@]4(C)C(C(=O)O)=CCC[C@@H]34)C2=O)ccc1O. The number of carboxylic acids is 1. The van der Waals surface area contributed by atoms with Crippen LogP contribution in [0, 0.1) is 22.7 Å². The summed E-state index contributed by atoms with van der Waals surface area (Å²) in [5.41, 5.74) is 1.89. The maximum atomic E-state index is 13.2. The number of amides is 2. The number of unbranched alkanes of at least 4 members (excludes halogenated alkanes) is 1. The van der Waals surface area contributed by atoms with Crippen molar-refractivity contribution in [2.75, 3.05) is 26.7 Å². The number of hydrogen-bond donors (Lipinski definition) is 3. The number of aliphatic carboxylic acids is 1. The van der Waals surface area contributed by atoms with E-state index in [4.69, 9.17) is 4.74 Å². The van der Waals surface area contributed by atoms with Crippen LogP contribution >= 0.6 is 0 Å². The lowest BCUT2D eigenvalue weighted by Gasteiger charge is -2.57. The Kier molecular flexibility index (Phi) is 9.85. The number of hydrogen-bond acceptors (Lipinski definition) is 5. The Morgan fingerprint density at radius 1 is 1.19 bits per heavy atom. The van der Waals surface area contributed by atoms with Crippen molar-refractivity contribution in [2.24, 2.45) is 22.7 Å². The molecule has 8 heteroatoms. The summed E-state index contributed by atoms with van der Waals surface area (Å²) in [5, 5.41) is 22.5. The third-order valence-electron chi connectivity index (χ3n) is 10.3. The Morgan fingerprint density at radius 3 is 2.71 bits per heavy atom. The highest BCUT2D eigenvalue weighted by Crippen LogP contribution is 2.62. The lowest BCUT2D eigenvalue weighted by Crippen LogP contribution is -2.51. The number of carboxylic acid groups (broad SMARTS) is 1. The van der Waals surface area contributed by atoms with Gasteiger partial charge < -0.3 is 25.2 Å². The summed E-state index contributed by atoms with van der Waals surface area (Å²) in [4.78, 5) is 39.3. The van der Waals surface area contributed by atoms with Crippen LogP contribution in [0.2, 0.25) is 0 Å². The fraction of sp³-hybridized carbons (Fsp3) is 0.559. The van der Waals surface area contributed by atoms with Crippen LogP contribution in [0.25, 0.3) is 6.08 Å². The molecule has 8 nitrogen and oxygen atoms in total. The van der Waals surface area contributed by atoms with Crippen LogP contribution < -0.4 is 10.1 Å². The van der Waals surface area contributed by atoms with E-state index < -0.39 is 5.97 Å². The minimum Gasteiger partial charge on any atom is -0.504 e. The summed E-state index contributed by atoms with van der Waals surface area (Å²) in [5.74, 6) is 0.298. The Labute approximate surface area is 249 Å². The second-order valence-electron chi connectivity index (χ2n) is 12.7. The number of phenolic OH excluding ortho intramolecular Hbond substituents is 1. The highest BCUT2D eigenvalue weighted by atomic mass is 16.5. The first-order valence-corrected chi connectivity index (χ1v) is 15.2. The van der Waals surface area contributed by atoms with E-state index in [-0.39, 0.29) is 28.4 Å². The first kappa shape index (κ1) is 31.4. The molecule has 0 unspecified atom stereocenters. The van der Waals surface area contributed by atoms with Gasteiger partial charge in [-0.15, -0.1) is 0 Å². The maximum Gasteiger partial charge on any atom is 0.331 e. The van der Waals surface area contributed by atoms with Gasteiger partial charge in [-0.3, -0.25) is 9.59 Å². The summed E-state index contributed by atoms with van der Waals surface area (Å²) in [6.45, 7) is 8.57. The monoisotopic (exact) mass is 578 g/mol. The first-order valence-electron chi connectivity index (χ1n) is 15.2. The number of ether oxygens (including phenoxy) is 1. The Hall–Kier alpha value is -3.55. The molecule has 228 valence electrons. The van der Waals surface area contributed by atoms with Gasteiger partial charge in [0.15, 0.2) is 11.5 Å². The van der Waals surface area contributed by atoms with Crippen molar-refractivity contribution in [3.63, 3.8) is 0 Å². The average Bonchev–Trinajstić information content (AvgIpc) is 3.32. The number of methoxy groups -OCH3 is 1. The van der Waals surface area contributed by atoms with Crippen LogP contribution in [0.4, 0.5) is 0 Å². The van der Waals surface area contributed by atoms with Crippen LogP contribution in [-0.4, -0.2) is 59.6 Å². The number of benzene rings is 1. The zero-order valence-electron chi connectivity index (χ0n) is 25.4. The minimum absolute atomic E-state index is 0.0164. The van der Waals surface area contributed by atoms with Gasteiger partial charge in [-0.05, 0) is 92.4 Å². The van der Waals surface area contributed by atoms with Gasteiger partial charge in [0.2, 0.25) is 11.8 Å². The highest BCUT2D eigenvalue weighted by Gasteiger charge is 2.55. The van der Waals surface area contributed by atoms with Crippen molar-refractivity contribution in [1.29, 1.82) is 0 Å². The molecular weight excluding hydrogens is 532 g/mol. The largest absolute Gasteiger partial charge is 0.504 e. The Balaban J connectivity index is 1.21. The quantitative estimate of drug-likeness (QED) is 0.216. The van der Waals surface area contributed by atoms with Crippen molar-refractivity contribution < 1.29 is 29.3 Å². The molecule has 3 N–H and O–H groups in total. The van der Waals surface area contributed by atoms with Crippen molar-refractivity contribution in [2.45, 2.75) is 72.1 Å². The van der Waals surface area contributed by atoms with E-state index in [1.54, 1.807) is 18.2 Å². The number of aromatic hydroxyl groups is 1. The lowest BCUT2D eigenvalue weighted by atomic mass is 9.46. The molecule has 42 heavy (non-hydrogen) atoms. The molecule has 2 aliphatic carbocycles. The van der Waals surface area contributed by atoms with Gasteiger partial charge in [0.1, 0.15) is 0 Å². The summed E-state index contributed by atoms with van der Waals surface area (Å²) < 4.78 is 5.09. The summed E-state index contributed by atoms with van der Waals surface area (Å²) >= 11 is 0. The molecule has 0 bridgehead atoms. The third kappa shape index (κ3) is 6.58. The van der Waals surface area contributed by atoms with E-state index in [1.165, 1.54) is 19.3 Å². The second kappa shape index (κ2) is 13.2. The van der Waals surface area contributed by atoms with E-state index in [2.05, 4.69) is 32.2 Å². The van der Waals surface area contributed by atoms with E-state index in [0.29, 0.717) is 42.8 Å². The summed E-state index contributed by atoms with van der Waals surface area (Å²) in [7, 11) is 1.47. The maximum absolute atomic E-state index is 13.2. The summed E-state index contributed by atoms with van der Waals surface area (Å²) in [6, 6.07) is 4.88. The lowest BCUT2D eigenvalue weighted by molar-refractivity contribution is -0.137. The molecule has 0 aromatic heterocycles. The van der Waals surface area contributed by atoms with Crippen LogP contribution in [0.3, 0.4) is 0 Å². The van der Waals surface area contributed by atoms with Gasteiger partial charge >= 0.3 is 5.97 Å². The molecule has 0 radical (unpaired) electrons. The topological polar surface area (TPSA) is 116 Å². The molecule has 0 spiro atoms. The highest BCUT2D eigenvalue weighted by molar-refractivity contribution is 5.95. The van der Waals surface area contributed by atoms with Crippen molar-refractivity contribution in [3.8, 4) is 11.5 Å². The van der Waals surface area contributed by atoms with E-state index in [0.717, 1.165) is 62.5 Å². The average molecular weight is 579 g/mol. The molecule has 1 aromatic rings. The molecule has 4 rings (SSSR count). The molecule has 1 heterocycles. The van der Waals surface area contributed by atoms with E-state index >= 15 is 0 Å². The van der Waals surface area contributed by atoms with E-state index in [9.17, 15) is 24.6 Å². The number of carbonyl (C=O) groups excluding carboxylic acids is 2. The number of allylic oxidation sites excluding steroid dienone is 1. The van der Waals surface area contributed by atoms with Gasteiger partial charge in [0.25, 0.3) is 0 Å². The normalized spacial score (nSPS) is 27.4. The Bertz CT molecular complexity index is 1280. The molecule has 0 saturated heterocycles. The number of phenols is 1. The van der Waals surface area contributed by atoms with Gasteiger partial charge in [-0.2, -0.15) is 0 Å². The zero-order valence-corrected chi connectivity index (χ0v) is 25.4. The second-order valence-corrected chi connectivity index (χ2v) is 12.7. The van der Waals surface area contributed by atoms with Crippen molar-refractivity contribution >= 4 is 23.9 Å². The number of fused-ring (bicyclic) bond motifs is 1. The van der Waals surface area contributed by atoms with Gasteiger partial charge in [0.05, 0.1) is 7.11 Å². The summed E-state index contributed by atoms with van der Waals surface area (Å²) in [6.07, 6.45) is 14.0. The van der Waals surface area contributed by atoms with Crippen molar-refractivity contribution in [1.82, 2.24) is 10.2 Å². The first-order chi connectivity index (χ1) is 20.0. The predicted molar refractivity (Wildman–Crippen MR) is 163 cm³/mol. The van der Waals surface area contributed by atoms with Gasteiger partial charge in [-0.1, -0.05) is 39.0 Å². The smallest absolute Gasteiger partial charge is 0.331 e. The minimum atomic E-state index is -0.783. The molecule has 3 aliphatic rings. The molecule has 1 fully saturated rings. The molecule has 1 aliphatic heterocycles. The van der Waals surface area contributed by atoms with Crippen LogP contribution in [0.5, 0.6) is 11.5 Å². The fourth-order valence-corrected chi connectivity index (χ4v) is 7.51. The molecule has 2 amide bonds. The van der Waals surface area contributed by atoms with E-state index in [1.807, 2.05) is 11.0 Å². The number of nitrogens with one attached hydrogen (secondary N) is 1. The molecular formula is C34H46N2O6. The predicted octanol–water partition coefficient (Wildman–Crippen LogP) is 5.72. The van der Waals surface area contributed by atoms with Crippen LogP contribution in [0.1, 0.15) is 77.7 Å². The van der Waals surface area contributed by atoms with Crippen LogP contribution in [0.15, 0.2) is 47.6 Å². The van der Waals surface area contributed by atoms with Crippen molar-refractivity contribution in [3.05, 3.63) is 53.1 Å². The fourth-order valence-electron chi connectivity index (χ4n) is 7.51. The zero-order chi connectivity index (χ0) is 30.5. The van der Waals surface area contributed by atoms with Gasteiger partial charge in [0, 0.05) is 42.3 Å². The van der Waals surface area contributed by atoms with Gasteiger partial charge in [-0.25, -0.2) is 4.79 Å². The standard InChI is InChI=1S/C34H46N2O6/c1-23-14-17-34(3)26(32(40)41)8-7-9-29(34)33(23,2)18-15-25-16-21-36(31(25)39)20-6-5-19-35-30(38)13-11-24-10-12-27(37)28(22-24)42-4/h8,10-13,16,22-23,29,37H,5-7,9,14-15,17-21H2,1-4H3,(H,35,38)(H,40,41)/t23-,29-,33+,34+/m0/s1. The number of carbonyl (C=O) groups is 3. The molecule has 1 aromatic carbocycles. The molecule has 1 saturated carbocycles. The number of rotatable bonds is 12. The Morgan fingerprint density at radius 2 is 1.98 bits per heavy atom. The number of nitrogens with zero attached hydrogens (tertiary/aromatic N) is 1.